The van der Waals surface area contributed by atoms with Crippen molar-refractivity contribution < 1.29 is 23.9 Å². The summed E-state index contributed by atoms with van der Waals surface area (Å²) in [6, 6.07) is 14.7. The van der Waals surface area contributed by atoms with E-state index >= 15 is 0 Å². The first-order valence-corrected chi connectivity index (χ1v) is 9.96. The number of para-hydroxylation sites is 2. The summed E-state index contributed by atoms with van der Waals surface area (Å²) in [6.45, 7) is 3.80. The third-order valence-electron chi connectivity index (χ3n) is 5.14. The van der Waals surface area contributed by atoms with Crippen molar-refractivity contribution in [3.63, 3.8) is 0 Å². The second-order valence-corrected chi connectivity index (χ2v) is 7.19. The molecule has 0 aromatic heterocycles. The largest absolute Gasteiger partial charge is 0.495 e. The lowest BCUT2D eigenvalue weighted by Crippen LogP contribution is -2.33. The van der Waals surface area contributed by atoms with E-state index < -0.39 is 23.9 Å². The molecule has 158 valence electrons. The summed E-state index contributed by atoms with van der Waals surface area (Å²) >= 11 is 0. The average molecular weight is 410 g/mol. The van der Waals surface area contributed by atoms with Crippen molar-refractivity contribution in [1.82, 2.24) is 0 Å². The molecule has 1 fully saturated rings. The lowest BCUT2D eigenvalue weighted by atomic mass is 10.1. The second kappa shape index (κ2) is 9.43. The van der Waals surface area contributed by atoms with Crippen LogP contribution in [-0.2, 0) is 25.5 Å². The van der Waals surface area contributed by atoms with Gasteiger partial charge in [-0.25, -0.2) is 0 Å². The van der Waals surface area contributed by atoms with Crippen LogP contribution in [0.25, 0.3) is 0 Å². The molecular formula is C23H26N2O5. The summed E-state index contributed by atoms with van der Waals surface area (Å²) in [5.41, 5.74) is 2.43. The Labute approximate surface area is 176 Å². The normalized spacial score (nSPS) is 16.8. The van der Waals surface area contributed by atoms with E-state index in [1.165, 1.54) is 19.6 Å². The van der Waals surface area contributed by atoms with Gasteiger partial charge in [0.05, 0.1) is 18.7 Å². The van der Waals surface area contributed by atoms with Crippen molar-refractivity contribution >= 4 is 29.2 Å². The fourth-order valence-electron chi connectivity index (χ4n) is 3.33. The van der Waals surface area contributed by atoms with Crippen LogP contribution >= 0.6 is 0 Å². The van der Waals surface area contributed by atoms with Gasteiger partial charge in [0, 0.05) is 18.7 Å². The van der Waals surface area contributed by atoms with E-state index in [-0.39, 0.29) is 18.9 Å². The molecule has 0 aliphatic carbocycles. The zero-order valence-electron chi connectivity index (χ0n) is 17.4. The van der Waals surface area contributed by atoms with Gasteiger partial charge in [0.25, 0.3) is 5.91 Å². The zero-order chi connectivity index (χ0) is 21.7. The summed E-state index contributed by atoms with van der Waals surface area (Å²) < 4.78 is 10.5. The maximum atomic E-state index is 12.6. The summed E-state index contributed by atoms with van der Waals surface area (Å²) in [7, 11) is 1.51. The molecule has 1 N–H and O–H groups in total. The molecule has 3 rings (SSSR count). The monoisotopic (exact) mass is 410 g/mol. The third-order valence-corrected chi connectivity index (χ3v) is 5.14. The second-order valence-electron chi connectivity index (χ2n) is 7.19. The van der Waals surface area contributed by atoms with Crippen molar-refractivity contribution in [3.8, 4) is 5.75 Å². The van der Waals surface area contributed by atoms with E-state index in [2.05, 4.69) is 12.2 Å². The molecule has 1 saturated heterocycles. The van der Waals surface area contributed by atoms with Gasteiger partial charge in [-0.05, 0) is 43.2 Å². The minimum absolute atomic E-state index is 0.0647. The van der Waals surface area contributed by atoms with E-state index in [0.717, 1.165) is 12.1 Å². The molecule has 1 aliphatic rings. The third kappa shape index (κ3) is 4.79. The van der Waals surface area contributed by atoms with Crippen molar-refractivity contribution in [2.75, 3.05) is 23.9 Å². The molecule has 0 unspecified atom stereocenters. The van der Waals surface area contributed by atoms with Crippen molar-refractivity contribution in [2.45, 2.75) is 32.8 Å². The molecule has 0 radical (unpaired) electrons. The number of amides is 2. The van der Waals surface area contributed by atoms with Gasteiger partial charge >= 0.3 is 5.97 Å². The highest BCUT2D eigenvalue weighted by molar-refractivity contribution is 6.00. The molecule has 2 aromatic carbocycles. The quantitative estimate of drug-likeness (QED) is 0.709. The van der Waals surface area contributed by atoms with Crippen LogP contribution < -0.4 is 15.0 Å². The first kappa shape index (κ1) is 21.4. The van der Waals surface area contributed by atoms with Gasteiger partial charge in [-0.3, -0.25) is 14.4 Å². The molecule has 0 bridgehead atoms. The maximum Gasteiger partial charge on any atom is 0.312 e. The number of aryl methyl sites for hydroxylation is 1. The Morgan fingerprint density at radius 1 is 1.17 bits per heavy atom. The smallest absolute Gasteiger partial charge is 0.312 e. The van der Waals surface area contributed by atoms with Crippen molar-refractivity contribution in [3.05, 3.63) is 54.1 Å². The topological polar surface area (TPSA) is 84.9 Å². The van der Waals surface area contributed by atoms with Crippen LogP contribution in [0.2, 0.25) is 0 Å². The van der Waals surface area contributed by atoms with E-state index in [1.54, 1.807) is 29.2 Å². The number of ether oxygens (including phenoxy) is 2. The Bertz CT molecular complexity index is 925. The number of carbonyl (C=O) groups is 3. The SMILES string of the molecule is CCc1ccc(N2C[C@@H](C(=O)O[C@@H](C)C(=O)Nc3ccccc3OC)CC2=O)cc1. The van der Waals surface area contributed by atoms with Crippen LogP contribution in [0.5, 0.6) is 5.75 Å². The minimum atomic E-state index is -1.00. The Morgan fingerprint density at radius 2 is 1.87 bits per heavy atom. The zero-order valence-corrected chi connectivity index (χ0v) is 17.4. The highest BCUT2D eigenvalue weighted by Crippen LogP contribution is 2.27. The van der Waals surface area contributed by atoms with Crippen molar-refractivity contribution in [2.24, 2.45) is 5.92 Å². The van der Waals surface area contributed by atoms with Crippen LogP contribution in [0.1, 0.15) is 25.8 Å². The Morgan fingerprint density at radius 3 is 2.53 bits per heavy atom. The molecule has 2 amide bonds. The minimum Gasteiger partial charge on any atom is -0.495 e. The lowest BCUT2D eigenvalue weighted by Gasteiger charge is -2.18. The number of carbonyl (C=O) groups excluding carboxylic acids is 3. The number of nitrogens with one attached hydrogen (secondary N) is 1. The number of benzene rings is 2. The van der Waals surface area contributed by atoms with Gasteiger partial charge in [-0.2, -0.15) is 0 Å². The predicted molar refractivity (Wildman–Crippen MR) is 113 cm³/mol. The molecule has 1 aliphatic heterocycles. The molecule has 0 spiro atoms. The first-order valence-electron chi connectivity index (χ1n) is 9.96. The summed E-state index contributed by atoms with van der Waals surface area (Å²) in [6.07, 6.45) is -0.0249. The molecule has 7 nitrogen and oxygen atoms in total. The molecule has 7 heteroatoms. The van der Waals surface area contributed by atoms with E-state index in [9.17, 15) is 14.4 Å². The van der Waals surface area contributed by atoms with Gasteiger partial charge in [-0.1, -0.05) is 31.2 Å². The molecule has 30 heavy (non-hydrogen) atoms. The highest BCUT2D eigenvalue weighted by atomic mass is 16.5. The van der Waals surface area contributed by atoms with Crippen molar-refractivity contribution in [1.29, 1.82) is 0 Å². The number of hydrogen-bond donors (Lipinski definition) is 1. The van der Waals surface area contributed by atoms with Crippen LogP contribution in [0.3, 0.4) is 0 Å². The molecule has 0 saturated carbocycles. The van der Waals surface area contributed by atoms with Crippen LogP contribution in [0.4, 0.5) is 11.4 Å². The number of rotatable bonds is 7. The van der Waals surface area contributed by atoms with Gasteiger partial charge < -0.3 is 19.7 Å². The number of methoxy groups -OCH3 is 1. The van der Waals surface area contributed by atoms with Crippen LogP contribution in [0.15, 0.2) is 48.5 Å². The fraction of sp³-hybridized carbons (Fsp3) is 0.348. The molecular weight excluding hydrogens is 384 g/mol. The summed E-state index contributed by atoms with van der Waals surface area (Å²) in [4.78, 5) is 39.0. The lowest BCUT2D eigenvalue weighted by molar-refractivity contribution is -0.157. The maximum absolute atomic E-state index is 12.6. The molecule has 1 heterocycles. The Balaban J connectivity index is 1.58. The summed E-state index contributed by atoms with van der Waals surface area (Å²) in [5, 5.41) is 2.69. The molecule has 2 atom stereocenters. The average Bonchev–Trinajstić information content (AvgIpc) is 3.15. The van der Waals surface area contributed by atoms with Gasteiger partial charge in [-0.15, -0.1) is 0 Å². The Hall–Kier alpha value is -3.35. The number of hydrogen-bond acceptors (Lipinski definition) is 5. The number of nitrogens with zero attached hydrogens (tertiary/aromatic N) is 1. The standard InChI is InChI=1S/C23H26N2O5/c1-4-16-9-11-18(12-10-16)25-14-17(13-21(25)26)23(28)30-15(2)22(27)24-19-7-5-6-8-20(19)29-3/h5-12,15,17H,4,13-14H2,1-3H3,(H,24,27)/t15-,17-/m0/s1. The first-order chi connectivity index (χ1) is 14.4. The predicted octanol–water partition coefficient (Wildman–Crippen LogP) is 3.18. The Kier molecular flexibility index (Phi) is 6.72. The fourth-order valence-corrected chi connectivity index (χ4v) is 3.33. The van der Waals surface area contributed by atoms with Crippen LogP contribution in [-0.4, -0.2) is 37.5 Å². The van der Waals surface area contributed by atoms with E-state index in [4.69, 9.17) is 9.47 Å². The number of esters is 1. The van der Waals surface area contributed by atoms with Gasteiger partial charge in [0.2, 0.25) is 5.91 Å². The highest BCUT2D eigenvalue weighted by Gasteiger charge is 2.37. The van der Waals surface area contributed by atoms with E-state index in [1.807, 2.05) is 24.3 Å². The molecule has 2 aromatic rings. The van der Waals surface area contributed by atoms with Crippen LogP contribution in [0, 0.1) is 5.92 Å². The van der Waals surface area contributed by atoms with Gasteiger partial charge in [0.15, 0.2) is 6.10 Å². The number of anilines is 2. The van der Waals surface area contributed by atoms with E-state index in [0.29, 0.717) is 11.4 Å². The summed E-state index contributed by atoms with van der Waals surface area (Å²) in [5.74, 6) is -1.25. The van der Waals surface area contributed by atoms with Gasteiger partial charge in [0.1, 0.15) is 5.75 Å².